The number of nitrogens with zero attached hydrogens (tertiary/aromatic N) is 4. The van der Waals surface area contributed by atoms with E-state index in [4.69, 9.17) is 9.47 Å². The van der Waals surface area contributed by atoms with Gasteiger partial charge in [-0.1, -0.05) is 30.3 Å². The maximum absolute atomic E-state index is 5.88. The van der Waals surface area contributed by atoms with Gasteiger partial charge in [0.2, 0.25) is 5.90 Å². The Morgan fingerprint density at radius 2 is 2.17 bits per heavy atom. The van der Waals surface area contributed by atoms with Gasteiger partial charge in [-0.05, 0) is 11.6 Å². The van der Waals surface area contributed by atoms with Crippen molar-refractivity contribution in [2.24, 2.45) is 10.2 Å². The van der Waals surface area contributed by atoms with Gasteiger partial charge in [-0.3, -0.25) is 4.90 Å². The summed E-state index contributed by atoms with van der Waals surface area (Å²) in [6.07, 6.45) is 3.66. The van der Waals surface area contributed by atoms with Gasteiger partial charge in [-0.15, -0.1) is 15.7 Å². The highest BCUT2D eigenvalue weighted by molar-refractivity contribution is 6.03. The fourth-order valence-corrected chi connectivity index (χ4v) is 2.82. The zero-order valence-electron chi connectivity index (χ0n) is 13.3. The van der Waals surface area contributed by atoms with Gasteiger partial charge < -0.3 is 9.47 Å². The first-order valence-corrected chi connectivity index (χ1v) is 8.02. The van der Waals surface area contributed by atoms with Crippen LogP contribution in [0.2, 0.25) is 0 Å². The fraction of sp³-hybridized carbons (Fsp3) is 0.375. The van der Waals surface area contributed by atoms with Gasteiger partial charge in [0.25, 0.3) is 0 Å². The summed E-state index contributed by atoms with van der Waals surface area (Å²) in [6.45, 7) is 3.76. The zero-order chi connectivity index (χ0) is 16.2. The number of ether oxygens (including phenoxy) is 2. The summed E-state index contributed by atoms with van der Waals surface area (Å²) in [5.74, 6) is 1.25. The van der Waals surface area contributed by atoms with Gasteiger partial charge in [0.05, 0.1) is 19.3 Å². The summed E-state index contributed by atoms with van der Waals surface area (Å²) in [6, 6.07) is 10.7. The van der Waals surface area contributed by atoms with Gasteiger partial charge in [0.15, 0.2) is 5.84 Å². The molecule has 8 nitrogen and oxygen atoms in total. The van der Waals surface area contributed by atoms with Gasteiger partial charge in [-0.25, -0.2) is 5.53 Å². The van der Waals surface area contributed by atoms with Crippen LogP contribution in [0, 0.1) is 0 Å². The van der Waals surface area contributed by atoms with Crippen LogP contribution in [0.4, 0.5) is 0 Å². The first-order chi connectivity index (χ1) is 11.9. The number of amidine groups is 1. The molecule has 8 heteroatoms. The van der Waals surface area contributed by atoms with Crippen LogP contribution in [0.25, 0.3) is 0 Å². The van der Waals surface area contributed by atoms with E-state index in [2.05, 4.69) is 50.4 Å². The Morgan fingerprint density at radius 1 is 1.25 bits per heavy atom. The molecule has 0 bridgehead atoms. The van der Waals surface area contributed by atoms with Crippen molar-refractivity contribution >= 4 is 11.7 Å². The molecule has 0 radical (unpaired) electrons. The molecule has 0 aliphatic carbocycles. The minimum atomic E-state index is 0.204. The van der Waals surface area contributed by atoms with Gasteiger partial charge in [-0.2, -0.15) is 5.12 Å². The van der Waals surface area contributed by atoms with Crippen molar-refractivity contribution in [3.05, 3.63) is 48.0 Å². The Kier molecular flexibility index (Phi) is 4.41. The molecule has 3 aliphatic rings. The smallest absolute Gasteiger partial charge is 0.233 e. The maximum atomic E-state index is 5.88. The lowest BCUT2D eigenvalue weighted by Gasteiger charge is -2.35. The van der Waals surface area contributed by atoms with Crippen LogP contribution in [-0.4, -0.2) is 54.2 Å². The van der Waals surface area contributed by atoms with Crippen molar-refractivity contribution in [1.29, 1.82) is 0 Å². The first-order valence-electron chi connectivity index (χ1n) is 8.02. The largest absolute Gasteiger partial charge is 0.475 e. The van der Waals surface area contributed by atoms with Crippen molar-refractivity contribution in [1.82, 2.24) is 21.1 Å². The summed E-state index contributed by atoms with van der Waals surface area (Å²) in [5, 5.41) is 9.86. The monoisotopic (exact) mass is 328 g/mol. The van der Waals surface area contributed by atoms with E-state index in [9.17, 15) is 0 Å². The zero-order valence-corrected chi connectivity index (χ0v) is 13.3. The molecule has 0 amide bonds. The minimum absolute atomic E-state index is 0.204. The van der Waals surface area contributed by atoms with Gasteiger partial charge in [0, 0.05) is 19.2 Å². The molecular formula is C16H20N6O2. The standard InChI is InChI=1S/C16H20N6O2/c1-2-4-13(5-3-1)10-21-8-9-23-11-14(21)12-24-16-7-6-15-17-19-20-22(15)18-16/h1-7,14,19-20H,8-12H2. The van der Waals surface area contributed by atoms with E-state index in [1.54, 1.807) is 0 Å². The SMILES string of the molecule is C1=CC2=NNNN2N=C1OCC1COCCN1Cc1ccccc1. The molecule has 4 rings (SSSR count). The van der Waals surface area contributed by atoms with Crippen LogP contribution in [-0.2, 0) is 16.0 Å². The molecule has 24 heavy (non-hydrogen) atoms. The van der Waals surface area contributed by atoms with Crippen molar-refractivity contribution in [3.63, 3.8) is 0 Å². The van der Waals surface area contributed by atoms with Crippen LogP contribution >= 0.6 is 0 Å². The second-order valence-electron chi connectivity index (χ2n) is 5.77. The topological polar surface area (TPSA) is 73.7 Å². The Balaban J connectivity index is 1.35. The molecule has 0 saturated carbocycles. The van der Waals surface area contributed by atoms with E-state index >= 15 is 0 Å². The summed E-state index contributed by atoms with van der Waals surface area (Å²) in [7, 11) is 0. The van der Waals surface area contributed by atoms with E-state index in [-0.39, 0.29) is 6.04 Å². The number of hydrogen-bond acceptors (Lipinski definition) is 8. The van der Waals surface area contributed by atoms with E-state index in [0.717, 1.165) is 19.7 Å². The Labute approximate surface area is 140 Å². The lowest BCUT2D eigenvalue weighted by atomic mass is 10.1. The number of rotatable bonds is 4. The number of benzene rings is 1. The highest BCUT2D eigenvalue weighted by atomic mass is 16.5. The van der Waals surface area contributed by atoms with E-state index in [1.165, 1.54) is 10.7 Å². The van der Waals surface area contributed by atoms with Crippen LogP contribution < -0.4 is 11.1 Å². The highest BCUT2D eigenvalue weighted by Gasteiger charge is 2.25. The van der Waals surface area contributed by atoms with Crippen LogP contribution in [0.15, 0.2) is 52.7 Å². The van der Waals surface area contributed by atoms with Gasteiger partial charge in [0.1, 0.15) is 6.61 Å². The molecule has 3 aliphatic heterocycles. The van der Waals surface area contributed by atoms with Crippen LogP contribution in [0.1, 0.15) is 5.56 Å². The number of hydrazine groups is 2. The minimum Gasteiger partial charge on any atom is -0.475 e. The predicted octanol–water partition coefficient (Wildman–Crippen LogP) is 0.426. The van der Waals surface area contributed by atoms with Crippen molar-refractivity contribution in [2.75, 3.05) is 26.4 Å². The average molecular weight is 328 g/mol. The predicted molar refractivity (Wildman–Crippen MR) is 89.5 cm³/mol. The molecule has 0 aromatic heterocycles. The van der Waals surface area contributed by atoms with Crippen molar-refractivity contribution in [3.8, 4) is 0 Å². The molecule has 1 saturated heterocycles. The van der Waals surface area contributed by atoms with Crippen molar-refractivity contribution < 1.29 is 9.47 Å². The molecule has 0 spiro atoms. The average Bonchev–Trinajstić information content (AvgIpc) is 3.10. The Morgan fingerprint density at radius 3 is 3.08 bits per heavy atom. The van der Waals surface area contributed by atoms with Crippen LogP contribution in [0.3, 0.4) is 0 Å². The lowest BCUT2D eigenvalue weighted by molar-refractivity contribution is -0.0292. The molecule has 1 atom stereocenters. The quantitative estimate of drug-likeness (QED) is 0.835. The van der Waals surface area contributed by atoms with Crippen molar-refractivity contribution in [2.45, 2.75) is 12.6 Å². The third kappa shape index (κ3) is 3.40. The van der Waals surface area contributed by atoms with E-state index in [1.807, 2.05) is 18.2 Å². The summed E-state index contributed by atoms with van der Waals surface area (Å²) in [4.78, 5) is 2.40. The third-order valence-electron chi connectivity index (χ3n) is 4.12. The number of hydrazone groups is 2. The molecule has 1 aromatic rings. The first kappa shape index (κ1) is 15.1. The fourth-order valence-electron chi connectivity index (χ4n) is 2.82. The highest BCUT2D eigenvalue weighted by Crippen LogP contribution is 2.14. The molecule has 126 valence electrons. The molecular weight excluding hydrogens is 308 g/mol. The van der Waals surface area contributed by atoms with E-state index in [0.29, 0.717) is 24.9 Å². The summed E-state index contributed by atoms with van der Waals surface area (Å²) >= 11 is 0. The third-order valence-corrected chi connectivity index (χ3v) is 4.12. The normalized spacial score (nSPS) is 23.3. The van der Waals surface area contributed by atoms with Gasteiger partial charge >= 0.3 is 0 Å². The summed E-state index contributed by atoms with van der Waals surface area (Å²) < 4.78 is 11.5. The second kappa shape index (κ2) is 7.00. The van der Waals surface area contributed by atoms with Crippen LogP contribution in [0.5, 0.6) is 0 Å². The lowest BCUT2D eigenvalue weighted by Crippen LogP contribution is -2.47. The maximum Gasteiger partial charge on any atom is 0.233 e. The molecule has 1 aromatic carbocycles. The van der Waals surface area contributed by atoms with E-state index < -0.39 is 0 Å². The molecule has 1 fully saturated rings. The number of nitrogens with one attached hydrogen (secondary N) is 2. The number of hydrogen-bond donors (Lipinski definition) is 2. The number of morpholine rings is 1. The summed E-state index contributed by atoms with van der Waals surface area (Å²) in [5.41, 5.74) is 6.74. The second-order valence-corrected chi connectivity index (χ2v) is 5.77. The Bertz CT molecular complexity index is 660. The molecule has 2 N–H and O–H groups in total. The Hall–Kier alpha value is -2.42. The molecule has 1 unspecified atom stereocenters. The molecule has 3 heterocycles. The number of fused-ring (bicyclic) bond motifs is 1.